The standard InChI is InChI=1S/C22H17N3O4S/c1-28-21(26)15-8-16(22(27)29-2)10-18(9-15)24-12-17(11-23)20-25-19(13-30-20)14-6-4-3-5-7-14/h3-10,12-13,24H,1-2H3/b17-12-. The Hall–Kier alpha value is -3.96. The lowest BCUT2D eigenvalue weighted by atomic mass is 10.1. The number of methoxy groups -OCH3 is 2. The van der Waals surface area contributed by atoms with Crippen molar-refractivity contribution in [2.75, 3.05) is 19.5 Å². The molecule has 0 saturated carbocycles. The van der Waals surface area contributed by atoms with E-state index < -0.39 is 11.9 Å². The number of rotatable bonds is 6. The van der Waals surface area contributed by atoms with Crippen molar-refractivity contribution in [3.63, 3.8) is 0 Å². The summed E-state index contributed by atoms with van der Waals surface area (Å²) in [5, 5.41) is 14.9. The Morgan fingerprint density at radius 2 is 1.70 bits per heavy atom. The summed E-state index contributed by atoms with van der Waals surface area (Å²) in [5.74, 6) is -1.19. The van der Waals surface area contributed by atoms with E-state index in [2.05, 4.69) is 16.4 Å². The number of esters is 2. The summed E-state index contributed by atoms with van der Waals surface area (Å²) in [5.41, 5.74) is 2.82. The number of nitriles is 1. The Balaban J connectivity index is 1.89. The summed E-state index contributed by atoms with van der Waals surface area (Å²) < 4.78 is 9.45. The van der Waals surface area contributed by atoms with Crippen molar-refractivity contribution in [3.05, 3.63) is 76.2 Å². The van der Waals surface area contributed by atoms with Crippen LogP contribution >= 0.6 is 11.3 Å². The van der Waals surface area contributed by atoms with Crippen LogP contribution < -0.4 is 5.32 Å². The van der Waals surface area contributed by atoms with Crippen LogP contribution in [-0.4, -0.2) is 31.1 Å². The van der Waals surface area contributed by atoms with Crippen LogP contribution in [0.15, 0.2) is 60.1 Å². The Morgan fingerprint density at radius 3 is 2.27 bits per heavy atom. The maximum atomic E-state index is 11.9. The molecule has 0 aliphatic carbocycles. The zero-order valence-electron chi connectivity index (χ0n) is 16.2. The molecule has 3 rings (SSSR count). The first kappa shape index (κ1) is 20.8. The highest BCUT2D eigenvalue weighted by molar-refractivity contribution is 7.11. The zero-order chi connectivity index (χ0) is 21.5. The van der Waals surface area contributed by atoms with Crippen LogP contribution in [0.3, 0.4) is 0 Å². The number of hydrogen-bond acceptors (Lipinski definition) is 8. The van der Waals surface area contributed by atoms with E-state index in [1.807, 2.05) is 35.7 Å². The first-order chi connectivity index (χ1) is 14.5. The fraction of sp³-hybridized carbons (Fsp3) is 0.0909. The number of aromatic nitrogens is 1. The highest BCUT2D eigenvalue weighted by atomic mass is 32.1. The number of ether oxygens (including phenoxy) is 2. The third-order valence-corrected chi connectivity index (χ3v) is 4.96. The predicted octanol–water partition coefficient (Wildman–Crippen LogP) is 4.36. The van der Waals surface area contributed by atoms with Crippen LogP contribution in [0.1, 0.15) is 25.7 Å². The largest absolute Gasteiger partial charge is 0.465 e. The van der Waals surface area contributed by atoms with Crippen LogP contribution in [0.4, 0.5) is 5.69 Å². The maximum Gasteiger partial charge on any atom is 0.337 e. The number of carbonyl (C=O) groups is 2. The van der Waals surface area contributed by atoms with Crippen LogP contribution in [-0.2, 0) is 9.47 Å². The molecular weight excluding hydrogens is 402 g/mol. The van der Waals surface area contributed by atoms with E-state index in [4.69, 9.17) is 9.47 Å². The molecule has 1 N–H and O–H groups in total. The van der Waals surface area contributed by atoms with Gasteiger partial charge in [-0.2, -0.15) is 5.26 Å². The average molecular weight is 419 g/mol. The molecule has 0 saturated heterocycles. The minimum absolute atomic E-state index is 0.176. The van der Waals surface area contributed by atoms with Crippen LogP contribution in [0.5, 0.6) is 0 Å². The van der Waals surface area contributed by atoms with Crippen molar-refractivity contribution in [3.8, 4) is 17.3 Å². The molecule has 3 aromatic rings. The molecule has 0 bridgehead atoms. The molecule has 0 fully saturated rings. The smallest absolute Gasteiger partial charge is 0.337 e. The topological polar surface area (TPSA) is 101 Å². The first-order valence-corrected chi connectivity index (χ1v) is 9.63. The van der Waals surface area contributed by atoms with E-state index in [0.717, 1.165) is 11.3 Å². The fourth-order valence-corrected chi connectivity index (χ4v) is 3.41. The molecule has 0 unspecified atom stereocenters. The quantitative estimate of drug-likeness (QED) is 0.468. The van der Waals surface area contributed by atoms with Gasteiger partial charge in [0.2, 0.25) is 0 Å². The zero-order valence-corrected chi connectivity index (χ0v) is 17.0. The number of anilines is 1. The van der Waals surface area contributed by atoms with E-state index in [-0.39, 0.29) is 11.1 Å². The highest BCUT2D eigenvalue weighted by Crippen LogP contribution is 2.26. The Morgan fingerprint density at radius 1 is 1.07 bits per heavy atom. The van der Waals surface area contributed by atoms with Crippen LogP contribution in [0.2, 0.25) is 0 Å². The van der Waals surface area contributed by atoms with Gasteiger partial charge in [0.15, 0.2) is 0 Å². The maximum absolute atomic E-state index is 11.9. The molecule has 7 nitrogen and oxygen atoms in total. The monoisotopic (exact) mass is 419 g/mol. The third kappa shape index (κ3) is 4.71. The van der Waals surface area contributed by atoms with Gasteiger partial charge in [-0.25, -0.2) is 14.6 Å². The molecular formula is C22H17N3O4S. The lowest BCUT2D eigenvalue weighted by Crippen LogP contribution is -2.07. The van der Waals surface area contributed by atoms with Crippen molar-refractivity contribution in [1.29, 1.82) is 5.26 Å². The van der Waals surface area contributed by atoms with Gasteiger partial charge in [0.05, 0.1) is 31.0 Å². The molecule has 1 aromatic heterocycles. The number of allylic oxidation sites excluding steroid dienone is 1. The molecule has 30 heavy (non-hydrogen) atoms. The Labute approximate surface area is 177 Å². The minimum Gasteiger partial charge on any atom is -0.465 e. The predicted molar refractivity (Wildman–Crippen MR) is 114 cm³/mol. The summed E-state index contributed by atoms with van der Waals surface area (Å²) >= 11 is 1.35. The van der Waals surface area contributed by atoms with E-state index in [1.54, 1.807) is 0 Å². The highest BCUT2D eigenvalue weighted by Gasteiger charge is 2.14. The number of thiazole rings is 1. The van der Waals surface area contributed by atoms with Gasteiger partial charge in [0.25, 0.3) is 0 Å². The van der Waals surface area contributed by atoms with Gasteiger partial charge in [-0.15, -0.1) is 11.3 Å². The Bertz CT molecular complexity index is 1110. The third-order valence-electron chi connectivity index (χ3n) is 4.08. The summed E-state index contributed by atoms with van der Waals surface area (Å²) in [6.45, 7) is 0. The second-order valence-electron chi connectivity index (χ2n) is 6.00. The van der Waals surface area contributed by atoms with Gasteiger partial charge >= 0.3 is 11.9 Å². The first-order valence-electron chi connectivity index (χ1n) is 8.75. The number of nitrogens with zero attached hydrogens (tertiary/aromatic N) is 2. The molecule has 0 spiro atoms. The average Bonchev–Trinajstić information content (AvgIpc) is 3.29. The number of benzene rings is 2. The lowest BCUT2D eigenvalue weighted by molar-refractivity contribution is 0.0599. The SMILES string of the molecule is COC(=O)c1cc(N/C=C(/C#N)c2nc(-c3ccccc3)cs2)cc(C(=O)OC)c1. The van der Waals surface area contributed by atoms with E-state index in [0.29, 0.717) is 16.3 Å². The van der Waals surface area contributed by atoms with Crippen molar-refractivity contribution < 1.29 is 19.1 Å². The Kier molecular flexibility index (Phi) is 6.57. The molecule has 0 aliphatic rings. The van der Waals surface area contributed by atoms with Gasteiger partial charge in [0.1, 0.15) is 16.6 Å². The van der Waals surface area contributed by atoms with Gasteiger partial charge in [0, 0.05) is 22.8 Å². The summed E-state index contributed by atoms with van der Waals surface area (Å²) in [6, 6.07) is 16.2. The van der Waals surface area contributed by atoms with Gasteiger partial charge in [-0.1, -0.05) is 30.3 Å². The molecule has 0 atom stereocenters. The number of nitrogens with one attached hydrogen (secondary N) is 1. The summed E-state index contributed by atoms with van der Waals surface area (Å²) in [6.07, 6.45) is 1.48. The second-order valence-corrected chi connectivity index (χ2v) is 6.86. The van der Waals surface area contributed by atoms with Crippen molar-refractivity contribution in [1.82, 2.24) is 4.98 Å². The van der Waals surface area contributed by atoms with Gasteiger partial charge in [-0.3, -0.25) is 0 Å². The lowest BCUT2D eigenvalue weighted by Gasteiger charge is -2.08. The molecule has 8 heteroatoms. The van der Waals surface area contributed by atoms with E-state index in [1.165, 1.54) is 50.0 Å². The molecule has 0 radical (unpaired) electrons. The molecule has 2 aromatic carbocycles. The number of hydrogen-bond donors (Lipinski definition) is 1. The van der Waals surface area contributed by atoms with Crippen molar-refractivity contribution in [2.24, 2.45) is 0 Å². The van der Waals surface area contributed by atoms with Crippen molar-refractivity contribution >= 4 is 34.5 Å². The minimum atomic E-state index is -0.597. The second kappa shape index (κ2) is 9.49. The summed E-state index contributed by atoms with van der Waals surface area (Å²) in [4.78, 5) is 28.3. The molecule has 1 heterocycles. The van der Waals surface area contributed by atoms with Crippen LogP contribution in [0, 0.1) is 11.3 Å². The van der Waals surface area contributed by atoms with Crippen molar-refractivity contribution in [2.45, 2.75) is 0 Å². The van der Waals surface area contributed by atoms with E-state index in [9.17, 15) is 14.9 Å². The van der Waals surface area contributed by atoms with Crippen LogP contribution in [0.25, 0.3) is 16.8 Å². The van der Waals surface area contributed by atoms with E-state index >= 15 is 0 Å². The molecule has 0 amide bonds. The van der Waals surface area contributed by atoms with Gasteiger partial charge in [-0.05, 0) is 18.2 Å². The summed E-state index contributed by atoms with van der Waals surface area (Å²) in [7, 11) is 2.50. The molecule has 150 valence electrons. The fourth-order valence-electron chi connectivity index (χ4n) is 2.62. The number of carbonyl (C=O) groups excluding carboxylic acids is 2. The van der Waals surface area contributed by atoms with Gasteiger partial charge < -0.3 is 14.8 Å². The molecule has 0 aliphatic heterocycles. The normalized spacial score (nSPS) is 10.8.